The van der Waals surface area contributed by atoms with Gasteiger partial charge in [0.05, 0.1) is 7.11 Å². The maximum Gasteiger partial charge on any atom is 0.129 e. The third-order valence-electron chi connectivity index (χ3n) is 2.02. The monoisotopic (exact) mass is 182 g/mol. The molecular weight excluding hydrogens is 167 g/mol. The van der Waals surface area contributed by atoms with Gasteiger partial charge in [-0.15, -0.1) is 0 Å². The molecule has 1 nitrogen and oxygen atoms in total. The minimum atomic E-state index is -0.902. The van der Waals surface area contributed by atoms with Gasteiger partial charge in [0.15, 0.2) is 0 Å². The van der Waals surface area contributed by atoms with Crippen molar-refractivity contribution in [3.63, 3.8) is 0 Å². The maximum atomic E-state index is 13.5. The van der Waals surface area contributed by atoms with Crippen LogP contribution in [0.4, 0.5) is 4.39 Å². The van der Waals surface area contributed by atoms with E-state index in [9.17, 15) is 4.39 Å². The molecule has 1 rings (SSSR count). The van der Waals surface area contributed by atoms with Crippen LogP contribution in [0.15, 0.2) is 24.3 Å². The van der Waals surface area contributed by atoms with Crippen LogP contribution < -0.4 is 4.74 Å². The first kappa shape index (κ1) is 10.0. The van der Waals surface area contributed by atoms with Crippen molar-refractivity contribution in [1.82, 2.24) is 0 Å². The van der Waals surface area contributed by atoms with Crippen LogP contribution >= 0.6 is 0 Å². The largest absolute Gasteiger partial charge is 0.496 e. The van der Waals surface area contributed by atoms with E-state index in [1.807, 2.05) is 19.1 Å². The minimum absolute atomic E-state index is 0.556. The fourth-order valence-corrected chi connectivity index (χ4v) is 1.33. The van der Waals surface area contributed by atoms with Crippen LogP contribution in [-0.4, -0.2) is 7.11 Å². The number of hydrogen-bond donors (Lipinski definition) is 0. The third kappa shape index (κ3) is 2.44. The lowest BCUT2D eigenvalue weighted by atomic mass is 10.1. The maximum absolute atomic E-state index is 13.5. The number of alkyl halides is 1. The second kappa shape index (κ2) is 4.85. The fourth-order valence-electron chi connectivity index (χ4n) is 1.33. The Morgan fingerprint density at radius 3 is 2.69 bits per heavy atom. The summed E-state index contributed by atoms with van der Waals surface area (Å²) in [5.41, 5.74) is 0.659. The van der Waals surface area contributed by atoms with Gasteiger partial charge in [-0.2, -0.15) is 0 Å². The summed E-state index contributed by atoms with van der Waals surface area (Å²) in [6, 6.07) is 7.25. The molecule has 72 valence electrons. The highest BCUT2D eigenvalue weighted by molar-refractivity contribution is 5.34. The quantitative estimate of drug-likeness (QED) is 0.692. The van der Waals surface area contributed by atoms with Crippen molar-refractivity contribution < 1.29 is 9.13 Å². The summed E-state index contributed by atoms with van der Waals surface area (Å²) in [5, 5.41) is 0. The molecule has 1 unspecified atom stereocenters. The molecule has 0 radical (unpaired) electrons. The zero-order chi connectivity index (χ0) is 9.68. The standard InChI is InChI=1S/C11H15FO/c1-3-6-10(12)9-7-4-5-8-11(9)13-2/h4-5,7-8,10H,3,6H2,1-2H3. The molecule has 0 N–H and O–H groups in total. The first-order valence-electron chi connectivity index (χ1n) is 4.56. The summed E-state index contributed by atoms with van der Waals surface area (Å²) in [4.78, 5) is 0. The molecule has 0 aliphatic carbocycles. The molecule has 0 aliphatic rings. The Labute approximate surface area is 78.5 Å². The van der Waals surface area contributed by atoms with Crippen molar-refractivity contribution >= 4 is 0 Å². The summed E-state index contributed by atoms with van der Waals surface area (Å²) in [6.07, 6.45) is 0.501. The lowest BCUT2D eigenvalue weighted by molar-refractivity contribution is 0.305. The van der Waals surface area contributed by atoms with Gasteiger partial charge in [0, 0.05) is 5.56 Å². The second-order valence-corrected chi connectivity index (χ2v) is 3.00. The summed E-state index contributed by atoms with van der Waals surface area (Å²) in [7, 11) is 1.57. The number of halogens is 1. The second-order valence-electron chi connectivity index (χ2n) is 3.00. The molecule has 1 aromatic rings. The molecule has 13 heavy (non-hydrogen) atoms. The zero-order valence-electron chi connectivity index (χ0n) is 8.09. The Bertz CT molecular complexity index is 260. The topological polar surface area (TPSA) is 9.23 Å². The van der Waals surface area contributed by atoms with Gasteiger partial charge >= 0.3 is 0 Å². The van der Waals surface area contributed by atoms with Gasteiger partial charge in [-0.25, -0.2) is 4.39 Å². The van der Waals surface area contributed by atoms with Crippen molar-refractivity contribution in [3.8, 4) is 5.75 Å². The summed E-state index contributed by atoms with van der Waals surface area (Å²) in [6.45, 7) is 1.97. The first-order chi connectivity index (χ1) is 6.29. The van der Waals surface area contributed by atoms with E-state index < -0.39 is 6.17 Å². The van der Waals surface area contributed by atoms with Crippen LogP contribution in [0.2, 0.25) is 0 Å². The van der Waals surface area contributed by atoms with Gasteiger partial charge in [-0.05, 0) is 12.5 Å². The van der Waals surface area contributed by atoms with Crippen LogP contribution in [0.25, 0.3) is 0 Å². The Balaban J connectivity index is 2.85. The lowest BCUT2D eigenvalue weighted by Crippen LogP contribution is -1.95. The van der Waals surface area contributed by atoms with Crippen molar-refractivity contribution in [3.05, 3.63) is 29.8 Å². The van der Waals surface area contributed by atoms with E-state index in [2.05, 4.69) is 0 Å². The van der Waals surface area contributed by atoms with E-state index >= 15 is 0 Å². The number of rotatable bonds is 4. The van der Waals surface area contributed by atoms with E-state index in [0.29, 0.717) is 17.7 Å². The van der Waals surface area contributed by atoms with Crippen LogP contribution in [0, 0.1) is 0 Å². The average molecular weight is 182 g/mol. The van der Waals surface area contributed by atoms with Crippen molar-refractivity contribution in [2.45, 2.75) is 25.9 Å². The van der Waals surface area contributed by atoms with Crippen LogP contribution in [0.3, 0.4) is 0 Å². The zero-order valence-corrected chi connectivity index (χ0v) is 8.09. The number of ether oxygens (including phenoxy) is 1. The Hall–Kier alpha value is -1.05. The minimum Gasteiger partial charge on any atom is -0.496 e. The first-order valence-corrected chi connectivity index (χ1v) is 4.56. The molecule has 0 spiro atoms. The van der Waals surface area contributed by atoms with E-state index in [-0.39, 0.29) is 0 Å². The molecule has 0 aliphatic heterocycles. The molecule has 0 bridgehead atoms. The molecular formula is C11H15FO. The Morgan fingerprint density at radius 2 is 2.08 bits per heavy atom. The molecule has 0 amide bonds. The average Bonchev–Trinajstić information content (AvgIpc) is 2.18. The van der Waals surface area contributed by atoms with Gasteiger partial charge in [0.2, 0.25) is 0 Å². The van der Waals surface area contributed by atoms with Gasteiger partial charge in [0.25, 0.3) is 0 Å². The van der Waals surface area contributed by atoms with Gasteiger partial charge in [0.1, 0.15) is 11.9 Å². The van der Waals surface area contributed by atoms with Crippen LogP contribution in [-0.2, 0) is 0 Å². The highest BCUT2D eigenvalue weighted by Gasteiger charge is 2.12. The van der Waals surface area contributed by atoms with Gasteiger partial charge in [-0.3, -0.25) is 0 Å². The van der Waals surface area contributed by atoms with Gasteiger partial charge < -0.3 is 4.74 Å². The summed E-state index contributed by atoms with van der Waals surface area (Å²) < 4.78 is 18.6. The summed E-state index contributed by atoms with van der Waals surface area (Å²) in [5.74, 6) is 0.642. The fraction of sp³-hybridized carbons (Fsp3) is 0.455. The Kier molecular flexibility index (Phi) is 3.74. The smallest absolute Gasteiger partial charge is 0.129 e. The van der Waals surface area contributed by atoms with E-state index in [1.54, 1.807) is 19.2 Å². The molecule has 0 fully saturated rings. The van der Waals surface area contributed by atoms with Crippen LogP contribution in [0.5, 0.6) is 5.75 Å². The van der Waals surface area contributed by atoms with E-state index in [4.69, 9.17) is 4.74 Å². The third-order valence-corrected chi connectivity index (χ3v) is 2.02. The predicted molar refractivity (Wildman–Crippen MR) is 51.8 cm³/mol. The van der Waals surface area contributed by atoms with E-state index in [1.165, 1.54) is 0 Å². The summed E-state index contributed by atoms with van der Waals surface area (Å²) >= 11 is 0. The van der Waals surface area contributed by atoms with E-state index in [0.717, 1.165) is 6.42 Å². The normalized spacial score (nSPS) is 12.5. The van der Waals surface area contributed by atoms with Gasteiger partial charge in [-0.1, -0.05) is 31.5 Å². The number of para-hydroxylation sites is 1. The molecule has 0 saturated heterocycles. The lowest BCUT2D eigenvalue weighted by Gasteiger charge is -2.11. The number of benzene rings is 1. The molecule has 0 aromatic heterocycles. The molecule has 0 saturated carbocycles. The molecule has 2 heteroatoms. The highest BCUT2D eigenvalue weighted by Crippen LogP contribution is 2.30. The van der Waals surface area contributed by atoms with Crippen molar-refractivity contribution in [1.29, 1.82) is 0 Å². The number of methoxy groups -OCH3 is 1. The molecule has 1 aromatic carbocycles. The van der Waals surface area contributed by atoms with Crippen molar-refractivity contribution in [2.24, 2.45) is 0 Å². The SMILES string of the molecule is CCCC(F)c1ccccc1OC. The highest BCUT2D eigenvalue weighted by atomic mass is 19.1. The predicted octanol–water partition coefficient (Wildman–Crippen LogP) is 3.51. The number of hydrogen-bond acceptors (Lipinski definition) is 1. The Morgan fingerprint density at radius 1 is 1.38 bits per heavy atom. The van der Waals surface area contributed by atoms with Crippen molar-refractivity contribution in [2.75, 3.05) is 7.11 Å². The molecule has 0 heterocycles. The van der Waals surface area contributed by atoms with Crippen LogP contribution in [0.1, 0.15) is 31.5 Å². The molecule has 1 atom stereocenters.